The maximum Gasteiger partial charge on any atom is 0.261 e. The number of benzene rings is 3. The molecule has 0 aliphatic carbocycles. The van der Waals surface area contributed by atoms with Crippen molar-refractivity contribution in [3.05, 3.63) is 95.6 Å². The summed E-state index contributed by atoms with van der Waals surface area (Å²) < 4.78 is 5.84. The van der Waals surface area contributed by atoms with E-state index in [2.05, 4.69) is 0 Å². The summed E-state index contributed by atoms with van der Waals surface area (Å²) in [6.07, 6.45) is 0.581. The van der Waals surface area contributed by atoms with Crippen molar-refractivity contribution < 1.29 is 14.3 Å². The first-order chi connectivity index (χ1) is 12.7. The molecule has 1 heterocycles. The van der Waals surface area contributed by atoms with E-state index in [-0.39, 0.29) is 11.8 Å². The lowest BCUT2D eigenvalue weighted by Gasteiger charge is -2.14. The SMILES string of the molecule is O=C1c2ccccc2C(=O)N1CCc1cccc(Oc2ccccc2)c1. The van der Waals surface area contributed by atoms with E-state index in [0.29, 0.717) is 24.1 Å². The minimum atomic E-state index is -0.220. The minimum absolute atomic E-state index is 0.220. The van der Waals surface area contributed by atoms with E-state index in [1.165, 1.54) is 4.90 Å². The second-order valence-corrected chi connectivity index (χ2v) is 6.12. The fourth-order valence-electron chi connectivity index (χ4n) is 3.07. The van der Waals surface area contributed by atoms with E-state index in [4.69, 9.17) is 4.74 Å². The van der Waals surface area contributed by atoms with Crippen LogP contribution in [0.1, 0.15) is 26.3 Å². The molecule has 0 saturated carbocycles. The van der Waals surface area contributed by atoms with Crippen LogP contribution in [0, 0.1) is 0 Å². The maximum atomic E-state index is 12.4. The highest BCUT2D eigenvalue weighted by atomic mass is 16.5. The Morgan fingerprint density at radius 2 is 1.31 bits per heavy atom. The molecular weight excluding hydrogens is 326 g/mol. The molecule has 0 aromatic heterocycles. The second-order valence-electron chi connectivity index (χ2n) is 6.12. The molecule has 4 nitrogen and oxygen atoms in total. The maximum absolute atomic E-state index is 12.4. The largest absolute Gasteiger partial charge is 0.457 e. The average Bonchev–Trinajstić information content (AvgIpc) is 2.92. The van der Waals surface area contributed by atoms with Gasteiger partial charge in [-0.25, -0.2) is 0 Å². The number of hydrogen-bond acceptors (Lipinski definition) is 3. The van der Waals surface area contributed by atoms with Crippen molar-refractivity contribution in [2.24, 2.45) is 0 Å². The van der Waals surface area contributed by atoms with E-state index < -0.39 is 0 Å². The Labute approximate surface area is 151 Å². The van der Waals surface area contributed by atoms with Gasteiger partial charge >= 0.3 is 0 Å². The van der Waals surface area contributed by atoms with E-state index in [0.717, 1.165) is 17.1 Å². The standard InChI is InChI=1S/C22H17NO3/c24-21-19-11-4-5-12-20(19)22(25)23(21)14-13-16-7-6-10-18(15-16)26-17-8-2-1-3-9-17/h1-12,15H,13-14H2. The molecule has 0 fully saturated rings. The molecule has 0 spiro atoms. The zero-order valence-corrected chi connectivity index (χ0v) is 14.1. The van der Waals surface area contributed by atoms with E-state index in [1.54, 1.807) is 24.3 Å². The van der Waals surface area contributed by atoms with Gasteiger partial charge in [0.1, 0.15) is 11.5 Å². The van der Waals surface area contributed by atoms with Gasteiger partial charge in [0.15, 0.2) is 0 Å². The summed E-state index contributed by atoms with van der Waals surface area (Å²) in [4.78, 5) is 26.1. The number of nitrogens with zero attached hydrogens (tertiary/aromatic N) is 1. The van der Waals surface area contributed by atoms with Crippen molar-refractivity contribution in [1.82, 2.24) is 4.90 Å². The fraction of sp³-hybridized carbons (Fsp3) is 0.0909. The van der Waals surface area contributed by atoms with Crippen LogP contribution >= 0.6 is 0 Å². The highest BCUT2D eigenvalue weighted by Gasteiger charge is 2.34. The third kappa shape index (κ3) is 3.09. The highest BCUT2D eigenvalue weighted by molar-refractivity contribution is 6.21. The van der Waals surface area contributed by atoms with Gasteiger partial charge in [-0.15, -0.1) is 0 Å². The number of carbonyl (C=O) groups excluding carboxylic acids is 2. The average molecular weight is 343 g/mol. The Bertz CT molecular complexity index is 931. The summed E-state index contributed by atoms with van der Waals surface area (Å²) in [7, 11) is 0. The van der Waals surface area contributed by atoms with Crippen LogP contribution < -0.4 is 4.74 Å². The minimum Gasteiger partial charge on any atom is -0.457 e. The molecular formula is C22H17NO3. The molecule has 0 radical (unpaired) electrons. The monoisotopic (exact) mass is 343 g/mol. The van der Waals surface area contributed by atoms with Crippen molar-refractivity contribution in [3.8, 4) is 11.5 Å². The van der Waals surface area contributed by atoms with Crippen molar-refractivity contribution in [2.75, 3.05) is 6.54 Å². The zero-order valence-electron chi connectivity index (χ0n) is 14.1. The molecule has 3 aromatic carbocycles. The quantitative estimate of drug-likeness (QED) is 0.648. The van der Waals surface area contributed by atoms with Crippen LogP contribution in [0.15, 0.2) is 78.9 Å². The Kier molecular flexibility index (Phi) is 4.23. The summed E-state index contributed by atoms with van der Waals surface area (Å²) in [5.74, 6) is 1.06. The molecule has 0 saturated heterocycles. The topological polar surface area (TPSA) is 46.6 Å². The Morgan fingerprint density at radius 3 is 2.00 bits per heavy atom. The smallest absolute Gasteiger partial charge is 0.261 e. The fourth-order valence-corrected chi connectivity index (χ4v) is 3.07. The van der Waals surface area contributed by atoms with Gasteiger partial charge in [-0.05, 0) is 48.4 Å². The van der Waals surface area contributed by atoms with E-state index in [9.17, 15) is 9.59 Å². The van der Waals surface area contributed by atoms with Crippen LogP contribution in [0.25, 0.3) is 0 Å². The first-order valence-electron chi connectivity index (χ1n) is 8.49. The predicted octanol–water partition coefficient (Wildman–Crippen LogP) is 4.32. The number of imide groups is 1. The summed E-state index contributed by atoms with van der Waals surface area (Å²) in [5.41, 5.74) is 1.98. The van der Waals surface area contributed by atoms with Gasteiger partial charge in [0.25, 0.3) is 11.8 Å². The predicted molar refractivity (Wildman–Crippen MR) is 98.5 cm³/mol. The van der Waals surface area contributed by atoms with Gasteiger partial charge in [0.2, 0.25) is 0 Å². The number of para-hydroxylation sites is 1. The molecule has 4 rings (SSSR count). The zero-order chi connectivity index (χ0) is 17.9. The molecule has 0 unspecified atom stereocenters. The molecule has 4 heteroatoms. The molecule has 0 N–H and O–H groups in total. The normalized spacial score (nSPS) is 13.0. The molecule has 128 valence electrons. The molecule has 2 amide bonds. The van der Waals surface area contributed by atoms with Crippen molar-refractivity contribution in [3.63, 3.8) is 0 Å². The lowest BCUT2D eigenvalue weighted by molar-refractivity contribution is 0.0656. The Hall–Kier alpha value is -3.40. The molecule has 0 atom stereocenters. The van der Waals surface area contributed by atoms with Crippen molar-refractivity contribution in [2.45, 2.75) is 6.42 Å². The van der Waals surface area contributed by atoms with Gasteiger partial charge in [-0.2, -0.15) is 0 Å². The Balaban J connectivity index is 1.45. The van der Waals surface area contributed by atoms with Gasteiger partial charge < -0.3 is 4.74 Å². The molecule has 1 aliphatic heterocycles. The third-order valence-electron chi connectivity index (χ3n) is 4.38. The Morgan fingerprint density at radius 1 is 0.692 bits per heavy atom. The molecule has 1 aliphatic rings. The summed E-state index contributed by atoms with van der Waals surface area (Å²) in [6, 6.07) is 24.2. The number of rotatable bonds is 5. The third-order valence-corrected chi connectivity index (χ3v) is 4.38. The number of carbonyl (C=O) groups is 2. The first kappa shape index (κ1) is 16.1. The van der Waals surface area contributed by atoms with Crippen LogP contribution in [0.4, 0.5) is 0 Å². The van der Waals surface area contributed by atoms with Gasteiger partial charge in [0, 0.05) is 6.54 Å². The van der Waals surface area contributed by atoms with Crippen molar-refractivity contribution >= 4 is 11.8 Å². The van der Waals surface area contributed by atoms with Gasteiger partial charge in [-0.3, -0.25) is 14.5 Å². The first-order valence-corrected chi connectivity index (χ1v) is 8.49. The van der Waals surface area contributed by atoms with Crippen LogP contribution in [0.2, 0.25) is 0 Å². The van der Waals surface area contributed by atoms with Gasteiger partial charge in [-0.1, -0.05) is 42.5 Å². The van der Waals surface area contributed by atoms with Crippen LogP contribution in [0.3, 0.4) is 0 Å². The number of ether oxygens (including phenoxy) is 1. The number of hydrogen-bond donors (Lipinski definition) is 0. The summed E-state index contributed by atoms with van der Waals surface area (Å²) >= 11 is 0. The van der Waals surface area contributed by atoms with Crippen LogP contribution in [0.5, 0.6) is 11.5 Å². The lowest BCUT2D eigenvalue weighted by Crippen LogP contribution is -2.31. The van der Waals surface area contributed by atoms with Crippen LogP contribution in [-0.4, -0.2) is 23.3 Å². The van der Waals surface area contributed by atoms with Gasteiger partial charge in [0.05, 0.1) is 11.1 Å². The summed E-state index contributed by atoms with van der Waals surface area (Å²) in [5, 5.41) is 0. The van der Waals surface area contributed by atoms with E-state index in [1.807, 2.05) is 54.6 Å². The second kappa shape index (κ2) is 6.84. The van der Waals surface area contributed by atoms with Crippen molar-refractivity contribution in [1.29, 1.82) is 0 Å². The molecule has 26 heavy (non-hydrogen) atoms. The lowest BCUT2D eigenvalue weighted by atomic mass is 10.1. The molecule has 3 aromatic rings. The van der Waals surface area contributed by atoms with E-state index >= 15 is 0 Å². The summed E-state index contributed by atoms with van der Waals surface area (Å²) in [6.45, 7) is 0.348. The number of fused-ring (bicyclic) bond motifs is 1. The van der Waals surface area contributed by atoms with Crippen LogP contribution in [-0.2, 0) is 6.42 Å². The highest BCUT2D eigenvalue weighted by Crippen LogP contribution is 2.24. The molecule has 0 bridgehead atoms. The number of amides is 2.